The second-order valence-electron chi connectivity index (χ2n) is 20.4. The number of carbonyl (C=O) groups excluding carboxylic acids is 1. The lowest BCUT2D eigenvalue weighted by atomic mass is 10.0. The van der Waals surface area contributed by atoms with E-state index in [0.29, 0.717) is 12.8 Å². The lowest BCUT2D eigenvalue weighted by Crippen LogP contribution is -2.45. The Balaban J connectivity index is 3.45. The van der Waals surface area contributed by atoms with Crippen LogP contribution in [0, 0.1) is 0 Å². The van der Waals surface area contributed by atoms with Gasteiger partial charge in [0, 0.05) is 6.42 Å². The molecule has 3 N–H and O–H groups in total. The van der Waals surface area contributed by atoms with Crippen LogP contribution in [-0.2, 0) is 4.79 Å². The van der Waals surface area contributed by atoms with Gasteiger partial charge in [-0.2, -0.15) is 0 Å². The van der Waals surface area contributed by atoms with E-state index in [2.05, 4.69) is 104 Å². The molecule has 0 radical (unpaired) electrons. The Kier molecular flexibility index (Phi) is 57.8. The third-order valence-corrected chi connectivity index (χ3v) is 13.7. The SMILES string of the molecule is CC/C=C\C/C=C\C/C=C\C/C=C\C/C=C\C/C=C\C/C=C\CCCCCCCCCCCCCCCCCCCCCC(=O)NC(CO)C(O)CCCCCCCCCCCCCCCCCC. The van der Waals surface area contributed by atoms with E-state index in [4.69, 9.17) is 0 Å². The molecule has 69 heavy (non-hydrogen) atoms. The number of aliphatic hydroxyl groups is 2. The summed E-state index contributed by atoms with van der Waals surface area (Å²) in [7, 11) is 0. The largest absolute Gasteiger partial charge is 0.394 e. The normalized spacial score (nSPS) is 13.4. The van der Waals surface area contributed by atoms with Crippen molar-refractivity contribution < 1.29 is 15.0 Å². The molecule has 0 bridgehead atoms. The molecular weight excluding hydrogens is 843 g/mol. The average Bonchev–Trinajstić information content (AvgIpc) is 3.35. The highest BCUT2D eigenvalue weighted by Gasteiger charge is 2.20. The summed E-state index contributed by atoms with van der Waals surface area (Å²) in [6.07, 6.45) is 87.3. The molecule has 0 rings (SSSR count). The molecule has 0 spiro atoms. The number of aliphatic hydroxyl groups excluding tert-OH is 2. The van der Waals surface area contributed by atoms with Crippen LogP contribution < -0.4 is 5.32 Å². The van der Waals surface area contributed by atoms with Crippen LogP contribution in [0.3, 0.4) is 0 Å². The van der Waals surface area contributed by atoms with Crippen LogP contribution in [0.15, 0.2) is 85.1 Å². The lowest BCUT2D eigenvalue weighted by Gasteiger charge is -2.22. The predicted octanol–water partition coefficient (Wildman–Crippen LogP) is 20.3. The van der Waals surface area contributed by atoms with E-state index in [1.54, 1.807) is 0 Å². The highest BCUT2D eigenvalue weighted by atomic mass is 16.3. The predicted molar refractivity (Wildman–Crippen MR) is 308 cm³/mol. The number of nitrogens with one attached hydrogen (secondary N) is 1. The number of hydrogen-bond acceptors (Lipinski definition) is 3. The van der Waals surface area contributed by atoms with Gasteiger partial charge in [0.25, 0.3) is 0 Å². The van der Waals surface area contributed by atoms with Crippen molar-refractivity contribution in [1.29, 1.82) is 0 Å². The Morgan fingerprint density at radius 1 is 0.362 bits per heavy atom. The summed E-state index contributed by atoms with van der Waals surface area (Å²) in [5, 5.41) is 23.3. The Morgan fingerprint density at radius 3 is 0.957 bits per heavy atom. The highest BCUT2D eigenvalue weighted by Crippen LogP contribution is 2.17. The molecular formula is C65H117NO3. The van der Waals surface area contributed by atoms with Crippen molar-refractivity contribution in [1.82, 2.24) is 5.32 Å². The third kappa shape index (κ3) is 56.4. The van der Waals surface area contributed by atoms with Gasteiger partial charge in [0.2, 0.25) is 5.91 Å². The highest BCUT2D eigenvalue weighted by molar-refractivity contribution is 5.76. The minimum absolute atomic E-state index is 0.0288. The van der Waals surface area contributed by atoms with Gasteiger partial charge in [-0.3, -0.25) is 4.79 Å². The van der Waals surface area contributed by atoms with Gasteiger partial charge in [-0.1, -0.05) is 311 Å². The monoisotopic (exact) mass is 960 g/mol. The van der Waals surface area contributed by atoms with Crippen molar-refractivity contribution in [2.45, 2.75) is 315 Å². The van der Waals surface area contributed by atoms with E-state index in [9.17, 15) is 15.0 Å². The maximum absolute atomic E-state index is 12.5. The standard InChI is InChI=1S/C65H117NO3/c1-3-5-7-9-11-13-15-17-19-21-22-23-24-25-26-27-28-29-30-31-32-33-34-35-36-37-38-39-40-41-42-43-44-45-47-49-51-53-55-57-59-61-65(69)66-63(62-67)64(68)60-58-56-54-52-50-48-46-20-18-16-14-12-10-8-6-4-2/h5,7,11,13,17,19,22-23,25-26,28-29,31-32,63-64,67-68H,3-4,6,8-10,12,14-16,18,20-21,24,27,30,33-62H2,1-2H3,(H,66,69)/b7-5-,13-11-,19-17-,23-22-,26-25-,29-28-,32-31-. The van der Waals surface area contributed by atoms with Crippen LogP contribution in [0.25, 0.3) is 0 Å². The Morgan fingerprint density at radius 2 is 0.638 bits per heavy atom. The van der Waals surface area contributed by atoms with Crippen molar-refractivity contribution >= 4 is 5.91 Å². The first-order valence-corrected chi connectivity index (χ1v) is 30.3. The molecule has 0 saturated heterocycles. The summed E-state index contributed by atoms with van der Waals surface area (Å²) < 4.78 is 0. The van der Waals surface area contributed by atoms with E-state index >= 15 is 0 Å². The molecule has 0 aromatic heterocycles. The van der Waals surface area contributed by atoms with Crippen LogP contribution in [0.2, 0.25) is 0 Å². The minimum Gasteiger partial charge on any atom is -0.394 e. The van der Waals surface area contributed by atoms with Crippen molar-refractivity contribution in [3.05, 3.63) is 85.1 Å². The van der Waals surface area contributed by atoms with Crippen LogP contribution in [0.5, 0.6) is 0 Å². The fourth-order valence-corrected chi connectivity index (χ4v) is 9.11. The van der Waals surface area contributed by atoms with E-state index in [0.717, 1.165) is 70.6 Å². The van der Waals surface area contributed by atoms with Crippen molar-refractivity contribution in [3.63, 3.8) is 0 Å². The molecule has 0 aromatic rings. The summed E-state index contributed by atoms with van der Waals surface area (Å²) in [6, 6.07) is -0.538. The van der Waals surface area contributed by atoms with Gasteiger partial charge in [0.1, 0.15) is 0 Å². The Hall–Kier alpha value is -2.43. The molecule has 0 saturated carbocycles. The van der Waals surface area contributed by atoms with E-state index in [1.165, 1.54) is 205 Å². The Labute approximate surface area is 431 Å². The number of allylic oxidation sites excluding steroid dienone is 14. The molecule has 0 aliphatic heterocycles. The minimum atomic E-state index is -0.661. The number of unbranched alkanes of at least 4 members (excludes halogenated alkanes) is 34. The molecule has 4 heteroatoms. The molecule has 0 heterocycles. The van der Waals surface area contributed by atoms with Crippen molar-refractivity contribution in [2.75, 3.05) is 6.61 Å². The first kappa shape index (κ1) is 66.6. The van der Waals surface area contributed by atoms with Gasteiger partial charge < -0.3 is 15.5 Å². The van der Waals surface area contributed by atoms with E-state index < -0.39 is 12.1 Å². The van der Waals surface area contributed by atoms with Gasteiger partial charge in [-0.25, -0.2) is 0 Å². The quantitative estimate of drug-likeness (QED) is 0.0420. The second kappa shape index (κ2) is 59.9. The summed E-state index contributed by atoms with van der Waals surface area (Å²) in [5.74, 6) is -0.0288. The zero-order chi connectivity index (χ0) is 49.9. The average molecular weight is 961 g/mol. The molecule has 0 aliphatic carbocycles. The topological polar surface area (TPSA) is 69.6 Å². The van der Waals surface area contributed by atoms with E-state index in [-0.39, 0.29) is 12.5 Å². The summed E-state index contributed by atoms with van der Waals surface area (Å²) in [5.41, 5.74) is 0. The van der Waals surface area contributed by atoms with Crippen molar-refractivity contribution in [2.24, 2.45) is 0 Å². The Bertz CT molecular complexity index is 1230. The lowest BCUT2D eigenvalue weighted by molar-refractivity contribution is -0.123. The smallest absolute Gasteiger partial charge is 0.220 e. The fourth-order valence-electron chi connectivity index (χ4n) is 9.11. The van der Waals surface area contributed by atoms with Crippen LogP contribution in [-0.4, -0.2) is 34.9 Å². The molecule has 1 amide bonds. The van der Waals surface area contributed by atoms with Gasteiger partial charge in [0.05, 0.1) is 18.8 Å². The molecule has 0 aliphatic rings. The zero-order valence-electron chi connectivity index (χ0n) is 46.1. The van der Waals surface area contributed by atoms with Gasteiger partial charge >= 0.3 is 0 Å². The molecule has 4 nitrogen and oxygen atoms in total. The summed E-state index contributed by atoms with van der Waals surface area (Å²) >= 11 is 0. The van der Waals surface area contributed by atoms with E-state index in [1.807, 2.05) is 0 Å². The zero-order valence-corrected chi connectivity index (χ0v) is 46.1. The van der Waals surface area contributed by atoms with Crippen LogP contribution in [0.1, 0.15) is 303 Å². The van der Waals surface area contributed by atoms with Gasteiger partial charge in [0.15, 0.2) is 0 Å². The summed E-state index contributed by atoms with van der Waals surface area (Å²) in [6.45, 7) is 4.26. The van der Waals surface area contributed by atoms with Crippen molar-refractivity contribution in [3.8, 4) is 0 Å². The molecule has 0 fully saturated rings. The number of carbonyl (C=O) groups is 1. The second-order valence-corrected chi connectivity index (χ2v) is 20.4. The molecule has 2 unspecified atom stereocenters. The first-order chi connectivity index (χ1) is 34.2. The summed E-state index contributed by atoms with van der Waals surface area (Å²) in [4.78, 5) is 12.5. The number of hydrogen-bond donors (Lipinski definition) is 3. The number of amides is 1. The van der Waals surface area contributed by atoms with Crippen LogP contribution in [0.4, 0.5) is 0 Å². The van der Waals surface area contributed by atoms with Gasteiger partial charge in [-0.05, 0) is 70.6 Å². The maximum atomic E-state index is 12.5. The third-order valence-electron chi connectivity index (χ3n) is 13.7. The number of rotatable bonds is 55. The maximum Gasteiger partial charge on any atom is 0.220 e. The van der Waals surface area contributed by atoms with Crippen LogP contribution >= 0.6 is 0 Å². The first-order valence-electron chi connectivity index (χ1n) is 30.3. The van der Waals surface area contributed by atoms with Gasteiger partial charge in [-0.15, -0.1) is 0 Å². The fraction of sp³-hybridized carbons (Fsp3) is 0.769. The molecule has 2 atom stereocenters. The molecule has 400 valence electrons. The molecule has 0 aromatic carbocycles.